The molecule has 0 aliphatic heterocycles. The van der Waals surface area contributed by atoms with Crippen LogP contribution in [0.15, 0.2) is 29.4 Å². The number of rotatable bonds is 1. The molecule has 0 fully saturated rings. The van der Waals surface area contributed by atoms with Crippen molar-refractivity contribution in [2.45, 2.75) is 5.16 Å². The normalized spacial score (nSPS) is 10.0. The Labute approximate surface area is 87.8 Å². The lowest BCUT2D eigenvalue weighted by molar-refractivity contribution is 0.817. The van der Waals surface area contributed by atoms with Crippen LogP contribution in [-0.4, -0.2) is 15.8 Å². The fraction of sp³-hybridized carbons (Fsp3) is 0.222. The Morgan fingerprint density at radius 2 is 2.00 bits per heavy atom. The Morgan fingerprint density at radius 3 is 2.62 bits per heavy atom. The number of halogens is 1. The smallest absolute Gasteiger partial charge is 0.168 e. The van der Waals surface area contributed by atoms with Crippen LogP contribution in [0.5, 0.6) is 0 Å². The van der Waals surface area contributed by atoms with E-state index in [0.29, 0.717) is 0 Å². The van der Waals surface area contributed by atoms with Crippen LogP contribution in [0.1, 0.15) is 0 Å². The van der Waals surface area contributed by atoms with E-state index in [9.17, 15) is 0 Å². The predicted octanol–water partition coefficient (Wildman–Crippen LogP) is 2.72. The van der Waals surface area contributed by atoms with E-state index in [2.05, 4.69) is 15.6 Å². The molecule has 0 saturated carbocycles. The highest BCUT2D eigenvalue weighted by Gasteiger charge is 2.03. The van der Waals surface area contributed by atoms with Gasteiger partial charge in [0, 0.05) is 7.05 Å². The van der Waals surface area contributed by atoms with Gasteiger partial charge in [-0.3, -0.25) is 0 Å². The fourth-order valence-corrected chi connectivity index (χ4v) is 1.87. The molecule has 0 radical (unpaired) electrons. The molecule has 0 saturated heterocycles. The minimum Gasteiger partial charge on any atom is -0.322 e. The number of benzene rings is 1. The molecule has 0 atom stereocenters. The summed E-state index contributed by atoms with van der Waals surface area (Å²) in [6.45, 7) is 0. The van der Waals surface area contributed by atoms with Crippen molar-refractivity contribution in [1.82, 2.24) is 9.55 Å². The minimum atomic E-state index is 0. The van der Waals surface area contributed by atoms with Gasteiger partial charge in [0.2, 0.25) is 0 Å². The highest BCUT2D eigenvalue weighted by atomic mass is 35.5. The molecule has 0 aliphatic carbocycles. The first kappa shape index (κ1) is 10.4. The predicted molar refractivity (Wildman–Crippen MR) is 59.7 cm³/mol. The van der Waals surface area contributed by atoms with Crippen LogP contribution in [0.3, 0.4) is 0 Å². The summed E-state index contributed by atoms with van der Waals surface area (Å²) in [6.07, 6.45) is 2.04. The monoisotopic (exact) mass is 214 g/mol. The molecule has 0 N–H and O–H groups in total. The van der Waals surface area contributed by atoms with E-state index in [-0.39, 0.29) is 12.4 Å². The van der Waals surface area contributed by atoms with Crippen molar-refractivity contribution in [3.63, 3.8) is 0 Å². The maximum atomic E-state index is 4.46. The second-order valence-electron chi connectivity index (χ2n) is 2.65. The maximum Gasteiger partial charge on any atom is 0.168 e. The number of para-hydroxylation sites is 2. The van der Waals surface area contributed by atoms with E-state index in [4.69, 9.17) is 0 Å². The van der Waals surface area contributed by atoms with Gasteiger partial charge in [0.05, 0.1) is 11.0 Å². The van der Waals surface area contributed by atoms with Crippen molar-refractivity contribution in [2.24, 2.45) is 7.05 Å². The van der Waals surface area contributed by atoms with Crippen LogP contribution in [0.25, 0.3) is 11.0 Å². The Hall–Kier alpha value is -0.670. The molecule has 1 heterocycles. The summed E-state index contributed by atoms with van der Waals surface area (Å²) < 4.78 is 2.11. The number of nitrogens with zero attached hydrogens (tertiary/aromatic N) is 2. The lowest BCUT2D eigenvalue weighted by Gasteiger charge is -1.95. The quantitative estimate of drug-likeness (QED) is 0.680. The molecule has 0 bridgehead atoms. The van der Waals surface area contributed by atoms with Crippen molar-refractivity contribution in [3.05, 3.63) is 24.3 Å². The average molecular weight is 215 g/mol. The summed E-state index contributed by atoms with van der Waals surface area (Å²) in [5.74, 6) is 0. The molecule has 1 aromatic carbocycles. The highest BCUT2D eigenvalue weighted by molar-refractivity contribution is 7.98. The van der Waals surface area contributed by atoms with Crippen molar-refractivity contribution in [2.75, 3.05) is 6.26 Å². The zero-order valence-corrected chi connectivity index (χ0v) is 9.15. The van der Waals surface area contributed by atoms with Gasteiger partial charge in [0.25, 0.3) is 0 Å². The number of fused-ring (bicyclic) bond motifs is 1. The van der Waals surface area contributed by atoms with Crippen molar-refractivity contribution in [3.8, 4) is 0 Å². The summed E-state index contributed by atoms with van der Waals surface area (Å²) >= 11 is 1.67. The summed E-state index contributed by atoms with van der Waals surface area (Å²) in [5, 5.41) is 1.07. The van der Waals surface area contributed by atoms with E-state index in [1.165, 1.54) is 5.52 Å². The van der Waals surface area contributed by atoms with Crippen LogP contribution in [0.4, 0.5) is 0 Å². The van der Waals surface area contributed by atoms with Gasteiger partial charge in [-0.25, -0.2) is 4.98 Å². The van der Waals surface area contributed by atoms with Crippen LogP contribution >= 0.6 is 24.2 Å². The molecule has 70 valence electrons. The Kier molecular flexibility index (Phi) is 3.22. The topological polar surface area (TPSA) is 17.8 Å². The third-order valence-corrected chi connectivity index (χ3v) is 2.66. The second kappa shape index (κ2) is 4.03. The third-order valence-electron chi connectivity index (χ3n) is 1.93. The first-order valence-corrected chi connectivity index (χ1v) is 5.01. The van der Waals surface area contributed by atoms with Gasteiger partial charge >= 0.3 is 0 Å². The van der Waals surface area contributed by atoms with Gasteiger partial charge in [-0.2, -0.15) is 0 Å². The van der Waals surface area contributed by atoms with Gasteiger partial charge in [0.15, 0.2) is 5.16 Å². The zero-order valence-electron chi connectivity index (χ0n) is 7.52. The van der Waals surface area contributed by atoms with Crippen LogP contribution < -0.4 is 0 Å². The first-order valence-electron chi connectivity index (χ1n) is 3.78. The summed E-state index contributed by atoms with van der Waals surface area (Å²) in [4.78, 5) is 4.46. The average Bonchev–Trinajstić information content (AvgIpc) is 2.44. The molecular formula is C9H11ClN2S. The molecule has 0 amide bonds. The molecule has 2 nitrogen and oxygen atoms in total. The standard InChI is InChI=1S/C9H10N2S.ClH/c1-11-8-6-4-3-5-7(8)10-9(11)12-2;/h3-6H,1-2H3;1H. The molecule has 0 unspecified atom stereocenters. The number of hydrogen-bond donors (Lipinski definition) is 0. The van der Waals surface area contributed by atoms with E-state index >= 15 is 0 Å². The van der Waals surface area contributed by atoms with Crippen LogP contribution in [0, 0.1) is 0 Å². The molecule has 0 aliphatic rings. The second-order valence-corrected chi connectivity index (χ2v) is 3.42. The number of thioether (sulfide) groups is 1. The van der Waals surface area contributed by atoms with Crippen LogP contribution in [0.2, 0.25) is 0 Å². The Bertz CT molecular complexity index is 411. The number of imidazole rings is 1. The molecule has 2 aromatic rings. The molecule has 2 rings (SSSR count). The van der Waals surface area contributed by atoms with Gasteiger partial charge in [-0.15, -0.1) is 12.4 Å². The number of hydrogen-bond acceptors (Lipinski definition) is 2. The van der Waals surface area contributed by atoms with E-state index in [0.717, 1.165) is 10.7 Å². The van der Waals surface area contributed by atoms with Crippen molar-refractivity contribution in [1.29, 1.82) is 0 Å². The van der Waals surface area contributed by atoms with Crippen molar-refractivity contribution < 1.29 is 0 Å². The number of aromatic nitrogens is 2. The summed E-state index contributed by atoms with van der Waals surface area (Å²) in [6, 6.07) is 8.17. The maximum absolute atomic E-state index is 4.46. The zero-order chi connectivity index (χ0) is 8.55. The molecule has 0 spiro atoms. The fourth-order valence-electron chi connectivity index (χ4n) is 1.31. The minimum absolute atomic E-state index is 0. The van der Waals surface area contributed by atoms with Gasteiger partial charge in [-0.1, -0.05) is 23.9 Å². The SMILES string of the molecule is CSc1nc2ccccc2n1C.Cl. The van der Waals surface area contributed by atoms with Crippen molar-refractivity contribution >= 4 is 35.2 Å². The Morgan fingerprint density at radius 1 is 1.31 bits per heavy atom. The molecular weight excluding hydrogens is 204 g/mol. The lowest BCUT2D eigenvalue weighted by Crippen LogP contribution is -1.88. The molecule has 4 heteroatoms. The van der Waals surface area contributed by atoms with E-state index < -0.39 is 0 Å². The highest BCUT2D eigenvalue weighted by Crippen LogP contribution is 2.19. The van der Waals surface area contributed by atoms with Gasteiger partial charge < -0.3 is 4.57 Å². The van der Waals surface area contributed by atoms with Gasteiger partial charge in [-0.05, 0) is 18.4 Å². The molecule has 1 aromatic heterocycles. The van der Waals surface area contributed by atoms with Crippen LogP contribution in [-0.2, 0) is 7.05 Å². The largest absolute Gasteiger partial charge is 0.322 e. The van der Waals surface area contributed by atoms with E-state index in [1.807, 2.05) is 31.5 Å². The van der Waals surface area contributed by atoms with E-state index in [1.54, 1.807) is 11.8 Å². The summed E-state index contributed by atoms with van der Waals surface area (Å²) in [5.41, 5.74) is 2.27. The molecule has 13 heavy (non-hydrogen) atoms. The number of aryl methyl sites for hydroxylation is 1. The Balaban J connectivity index is 0.000000845. The summed E-state index contributed by atoms with van der Waals surface area (Å²) in [7, 11) is 2.04. The van der Waals surface area contributed by atoms with Gasteiger partial charge in [0.1, 0.15) is 0 Å². The first-order chi connectivity index (χ1) is 5.83. The third kappa shape index (κ3) is 1.67. The lowest BCUT2D eigenvalue weighted by atomic mass is 10.3.